The van der Waals surface area contributed by atoms with Gasteiger partial charge in [0.1, 0.15) is 17.0 Å². The lowest BCUT2D eigenvalue weighted by Gasteiger charge is -2.28. The zero-order valence-corrected chi connectivity index (χ0v) is 19.4. The van der Waals surface area contributed by atoms with Crippen LogP contribution >= 0.6 is 23.5 Å². The van der Waals surface area contributed by atoms with Crippen LogP contribution in [0, 0.1) is 10.1 Å². The predicted octanol–water partition coefficient (Wildman–Crippen LogP) is 5.35. The van der Waals surface area contributed by atoms with Gasteiger partial charge in [0, 0.05) is 16.9 Å². The largest absolute Gasteiger partial charge is 0.482 e. The number of hydrogen-bond donors (Lipinski definition) is 0. The number of fused-ring (bicyclic) bond motifs is 3. The molecule has 10 heteroatoms. The number of hydrogen-bond acceptors (Lipinski definition) is 8. The lowest BCUT2D eigenvalue weighted by atomic mass is 9.96. The van der Waals surface area contributed by atoms with Gasteiger partial charge in [0.15, 0.2) is 11.6 Å². The highest BCUT2D eigenvalue weighted by Gasteiger charge is 2.42. The summed E-state index contributed by atoms with van der Waals surface area (Å²) in [5, 5.41) is 26.5. The first-order valence-electron chi connectivity index (χ1n) is 10.1. The van der Waals surface area contributed by atoms with Crippen LogP contribution < -0.4 is 9.75 Å². The average molecular weight is 468 g/mol. The fourth-order valence-electron chi connectivity index (χ4n) is 3.62. The normalized spacial score (nSPS) is 17.2. The van der Waals surface area contributed by atoms with E-state index in [1.54, 1.807) is 35.7 Å². The van der Waals surface area contributed by atoms with Gasteiger partial charge in [-0.05, 0) is 29.0 Å². The molecular weight excluding hydrogens is 446 g/mol. The number of nitro benzene ring substituents is 1. The van der Waals surface area contributed by atoms with Crippen molar-refractivity contribution in [3.8, 4) is 5.75 Å². The average Bonchev–Trinajstić information content (AvgIpc) is 3.44. The van der Waals surface area contributed by atoms with E-state index < -0.39 is 0 Å². The van der Waals surface area contributed by atoms with E-state index in [0.29, 0.717) is 0 Å². The lowest BCUT2D eigenvalue weighted by molar-refractivity contribution is -0.386. The Morgan fingerprint density at radius 3 is 2.66 bits per heavy atom. The van der Waals surface area contributed by atoms with Gasteiger partial charge in [-0.15, -0.1) is 10.2 Å². The maximum Gasteiger partial charge on any atom is 0.311 e. The summed E-state index contributed by atoms with van der Waals surface area (Å²) in [4.78, 5) is 11.4. The third-order valence-electron chi connectivity index (χ3n) is 5.14. The zero-order chi connectivity index (χ0) is 22.5. The Kier molecular flexibility index (Phi) is 5.13. The number of benzene rings is 2. The van der Waals surface area contributed by atoms with Crippen LogP contribution in [0.1, 0.15) is 43.1 Å². The molecule has 5 rings (SSSR count). The Labute approximate surface area is 193 Å². The van der Waals surface area contributed by atoms with Crippen molar-refractivity contribution in [1.82, 2.24) is 14.9 Å². The molecule has 2 aliphatic heterocycles. The van der Waals surface area contributed by atoms with Crippen LogP contribution in [0.3, 0.4) is 0 Å². The maximum atomic E-state index is 11.8. The molecule has 8 nitrogen and oxygen atoms in total. The molecule has 0 saturated heterocycles. The molecular formula is C22H21N5O3S2. The van der Waals surface area contributed by atoms with E-state index in [2.05, 4.69) is 41.4 Å². The van der Waals surface area contributed by atoms with E-state index in [4.69, 9.17) is 4.74 Å². The van der Waals surface area contributed by atoms with Gasteiger partial charge in [0.05, 0.1) is 4.92 Å². The van der Waals surface area contributed by atoms with E-state index >= 15 is 0 Å². The van der Waals surface area contributed by atoms with Crippen molar-refractivity contribution < 1.29 is 9.66 Å². The smallest absolute Gasteiger partial charge is 0.311 e. The van der Waals surface area contributed by atoms with Gasteiger partial charge in [-0.1, -0.05) is 68.9 Å². The third-order valence-corrected chi connectivity index (χ3v) is 7.33. The van der Waals surface area contributed by atoms with Crippen LogP contribution in [0.5, 0.6) is 5.75 Å². The van der Waals surface area contributed by atoms with E-state index in [1.807, 2.05) is 41.1 Å². The second-order valence-electron chi connectivity index (χ2n) is 8.52. The Hall–Kier alpha value is -2.98. The van der Waals surface area contributed by atoms with Crippen molar-refractivity contribution in [2.24, 2.45) is 0 Å². The lowest BCUT2D eigenvalue weighted by Crippen LogP contribution is -2.34. The summed E-state index contributed by atoms with van der Waals surface area (Å²) in [6.07, 6.45) is 0. The number of ether oxygens (including phenoxy) is 1. The van der Waals surface area contributed by atoms with E-state index in [9.17, 15) is 10.1 Å². The molecule has 0 amide bonds. The maximum absolute atomic E-state index is 11.8. The van der Waals surface area contributed by atoms with Crippen LogP contribution in [0.25, 0.3) is 0 Å². The fraction of sp³-hybridized carbons (Fsp3) is 0.273. The molecule has 1 atom stereocenters. The van der Waals surface area contributed by atoms with E-state index in [1.165, 1.54) is 0 Å². The van der Waals surface area contributed by atoms with Crippen molar-refractivity contribution >= 4 is 29.2 Å². The van der Waals surface area contributed by atoms with Crippen LogP contribution in [0.4, 0.5) is 5.69 Å². The third kappa shape index (κ3) is 3.63. The second kappa shape index (κ2) is 7.86. The van der Waals surface area contributed by atoms with Crippen molar-refractivity contribution in [3.63, 3.8) is 0 Å². The summed E-state index contributed by atoms with van der Waals surface area (Å²) in [7, 11) is 0. The molecule has 0 saturated carbocycles. The van der Waals surface area contributed by atoms with Crippen molar-refractivity contribution in [1.29, 1.82) is 0 Å². The van der Waals surface area contributed by atoms with Crippen LogP contribution in [0.15, 0.2) is 64.1 Å². The van der Waals surface area contributed by atoms with Crippen molar-refractivity contribution in [2.75, 3.05) is 5.01 Å². The molecule has 0 fully saturated rings. The number of rotatable bonds is 5. The SMILES string of the molecule is CC(C)(C)c1nnc2n1N1C(=CSC1c1ccc(OCc3ccccc3)c([N+](=O)[O-])c1)S2. The minimum Gasteiger partial charge on any atom is -0.482 e. The zero-order valence-electron chi connectivity index (χ0n) is 17.8. The number of nitro groups is 1. The summed E-state index contributed by atoms with van der Waals surface area (Å²) in [6.45, 7) is 6.56. The van der Waals surface area contributed by atoms with Crippen molar-refractivity contribution in [3.05, 3.63) is 86.0 Å². The van der Waals surface area contributed by atoms with Gasteiger partial charge in [-0.3, -0.25) is 15.1 Å². The molecule has 0 N–H and O–H groups in total. The summed E-state index contributed by atoms with van der Waals surface area (Å²) in [5.41, 5.74) is 1.54. The predicted molar refractivity (Wildman–Crippen MR) is 125 cm³/mol. The molecule has 3 aromatic rings. The highest BCUT2D eigenvalue weighted by atomic mass is 32.2. The first kappa shape index (κ1) is 20.9. The summed E-state index contributed by atoms with van der Waals surface area (Å²) in [6, 6.07) is 14.8. The summed E-state index contributed by atoms with van der Waals surface area (Å²) < 4.78 is 7.83. The van der Waals surface area contributed by atoms with E-state index in [-0.39, 0.29) is 33.8 Å². The van der Waals surface area contributed by atoms with E-state index in [0.717, 1.165) is 27.1 Å². The standard InChI is InChI=1S/C22H21N5O3S2/c1-22(2,3)20-23-24-21-26(20)25-18(32-21)13-31-19(25)15-9-10-17(16(11-15)27(28)29)30-12-14-7-5-4-6-8-14/h4-11,13,19H,12H2,1-3H3. The molecule has 2 aromatic carbocycles. The molecule has 164 valence electrons. The fourth-order valence-corrected chi connectivity index (χ4v) is 5.83. The molecule has 0 aliphatic carbocycles. The minimum atomic E-state index is -0.388. The minimum absolute atomic E-state index is 0.0423. The van der Waals surface area contributed by atoms with Crippen LogP contribution in [0.2, 0.25) is 0 Å². The Bertz CT molecular complexity index is 1220. The Morgan fingerprint density at radius 2 is 1.94 bits per heavy atom. The number of nitrogens with zero attached hydrogens (tertiary/aromatic N) is 5. The van der Waals surface area contributed by atoms with Gasteiger partial charge in [-0.25, -0.2) is 4.68 Å². The highest BCUT2D eigenvalue weighted by Crippen LogP contribution is 2.52. The first-order valence-corrected chi connectivity index (χ1v) is 11.8. The quantitative estimate of drug-likeness (QED) is 0.367. The molecule has 2 aliphatic rings. The second-order valence-corrected chi connectivity index (χ2v) is 10.5. The topological polar surface area (TPSA) is 86.3 Å². The van der Waals surface area contributed by atoms with Crippen molar-refractivity contribution in [2.45, 2.75) is 43.3 Å². The molecule has 32 heavy (non-hydrogen) atoms. The van der Waals surface area contributed by atoms with Crippen LogP contribution in [-0.4, -0.2) is 19.8 Å². The molecule has 1 aromatic heterocycles. The molecule has 0 bridgehead atoms. The molecule has 0 spiro atoms. The molecule has 3 heterocycles. The van der Waals surface area contributed by atoms with Gasteiger partial charge < -0.3 is 4.74 Å². The van der Waals surface area contributed by atoms with Gasteiger partial charge in [0.25, 0.3) is 0 Å². The monoisotopic (exact) mass is 467 g/mol. The van der Waals surface area contributed by atoms with Gasteiger partial charge in [-0.2, -0.15) is 0 Å². The summed E-state index contributed by atoms with van der Waals surface area (Å²) in [5.74, 6) is 1.11. The Balaban J connectivity index is 1.46. The molecule has 1 unspecified atom stereocenters. The first-order chi connectivity index (χ1) is 15.3. The number of thioether (sulfide) groups is 2. The van der Waals surface area contributed by atoms with Gasteiger partial charge in [0.2, 0.25) is 5.16 Å². The summed E-state index contributed by atoms with van der Waals surface area (Å²) >= 11 is 3.17. The van der Waals surface area contributed by atoms with Gasteiger partial charge >= 0.3 is 5.69 Å². The highest BCUT2D eigenvalue weighted by molar-refractivity contribution is 8.07. The molecule has 0 radical (unpaired) electrons. The van der Waals surface area contributed by atoms with Crippen LogP contribution in [-0.2, 0) is 12.0 Å². The number of aromatic nitrogens is 3. The Morgan fingerprint density at radius 1 is 1.16 bits per heavy atom.